The van der Waals surface area contributed by atoms with Crippen molar-refractivity contribution in [2.45, 2.75) is 19.0 Å². The maximum Gasteiger partial charge on any atom is 0.328 e. The molecule has 0 aromatic heterocycles. The van der Waals surface area contributed by atoms with Gasteiger partial charge in [0.05, 0.1) is 28.2 Å². The summed E-state index contributed by atoms with van der Waals surface area (Å²) >= 11 is 11.9. The summed E-state index contributed by atoms with van der Waals surface area (Å²) in [5.41, 5.74) is 0.869. The molecule has 2 rings (SSSR count). The van der Waals surface area contributed by atoms with E-state index in [1.54, 1.807) is 13.0 Å². The lowest BCUT2D eigenvalue weighted by Gasteiger charge is -2.18. The highest BCUT2D eigenvalue weighted by atomic mass is 35.5. The number of nitrogens with one attached hydrogen (secondary N) is 3. The highest BCUT2D eigenvalue weighted by molar-refractivity contribution is 6.39. The molecule has 2 atom stereocenters. The molecule has 0 fully saturated rings. The number of carboxylic acid groups (broad SMARTS) is 1. The van der Waals surface area contributed by atoms with Gasteiger partial charge in [0, 0.05) is 0 Å². The first-order valence-corrected chi connectivity index (χ1v) is 9.12. The Morgan fingerprint density at radius 1 is 0.964 bits per heavy atom. The smallest absolute Gasteiger partial charge is 0.328 e. The number of urea groups is 1. The van der Waals surface area contributed by atoms with Crippen LogP contribution in [0.3, 0.4) is 0 Å². The molecule has 148 valence electrons. The van der Waals surface area contributed by atoms with Gasteiger partial charge >= 0.3 is 12.0 Å². The lowest BCUT2D eigenvalue weighted by molar-refractivity contribution is -0.139. The van der Waals surface area contributed by atoms with E-state index in [-0.39, 0.29) is 28.2 Å². The number of carbonyl (C=O) groups excluding carboxylic acids is 2. The van der Waals surface area contributed by atoms with Crippen LogP contribution >= 0.6 is 23.2 Å². The summed E-state index contributed by atoms with van der Waals surface area (Å²) in [6.07, 6.45) is 0. The standard InChI is InChI=1S/C19H19Cl2N3O4/c1-11(12-6-3-2-4-7-12)23-19(28)22-10-15(18(26)27)24-17(25)16-13(20)8-5-9-14(16)21/h2-9,11,15H,10H2,1H3,(H,24,25)(H,26,27)(H2,22,23,28)/t11-,15-/m0/s1. The first-order chi connectivity index (χ1) is 13.3. The van der Waals surface area contributed by atoms with Crippen molar-refractivity contribution in [1.82, 2.24) is 16.0 Å². The summed E-state index contributed by atoms with van der Waals surface area (Å²) in [6.45, 7) is 1.47. The van der Waals surface area contributed by atoms with E-state index >= 15 is 0 Å². The number of hydrogen-bond donors (Lipinski definition) is 4. The Morgan fingerprint density at radius 3 is 2.14 bits per heavy atom. The van der Waals surface area contributed by atoms with Gasteiger partial charge in [0.1, 0.15) is 6.04 Å². The summed E-state index contributed by atoms with van der Waals surface area (Å²) in [5, 5.41) is 17.0. The first kappa shape index (κ1) is 21.5. The largest absolute Gasteiger partial charge is 0.480 e. The fourth-order valence-electron chi connectivity index (χ4n) is 2.41. The van der Waals surface area contributed by atoms with Gasteiger partial charge in [-0.15, -0.1) is 0 Å². The molecule has 0 aliphatic heterocycles. The molecule has 0 aliphatic rings. The van der Waals surface area contributed by atoms with Gasteiger partial charge in [0.25, 0.3) is 5.91 Å². The van der Waals surface area contributed by atoms with Crippen molar-refractivity contribution >= 4 is 41.1 Å². The van der Waals surface area contributed by atoms with E-state index in [9.17, 15) is 19.5 Å². The predicted molar refractivity (Wildman–Crippen MR) is 107 cm³/mol. The number of hydrogen-bond acceptors (Lipinski definition) is 3. The van der Waals surface area contributed by atoms with Crippen LogP contribution in [0.5, 0.6) is 0 Å². The van der Waals surface area contributed by atoms with Gasteiger partial charge in [-0.3, -0.25) is 4.79 Å². The van der Waals surface area contributed by atoms with Crippen molar-refractivity contribution in [2.24, 2.45) is 0 Å². The second-order valence-electron chi connectivity index (χ2n) is 5.95. The molecule has 0 saturated heterocycles. The molecule has 0 saturated carbocycles. The molecule has 0 aliphatic carbocycles. The third kappa shape index (κ3) is 5.87. The van der Waals surface area contributed by atoms with Crippen LogP contribution in [0.4, 0.5) is 4.79 Å². The van der Waals surface area contributed by atoms with Crippen molar-refractivity contribution in [3.63, 3.8) is 0 Å². The van der Waals surface area contributed by atoms with E-state index in [4.69, 9.17) is 23.2 Å². The molecule has 7 nitrogen and oxygen atoms in total. The van der Waals surface area contributed by atoms with E-state index in [1.165, 1.54) is 12.1 Å². The Hall–Kier alpha value is -2.77. The molecule has 2 aromatic carbocycles. The van der Waals surface area contributed by atoms with E-state index in [0.29, 0.717) is 0 Å². The quantitative estimate of drug-likeness (QED) is 0.547. The van der Waals surface area contributed by atoms with Crippen LogP contribution < -0.4 is 16.0 Å². The number of carboxylic acids is 1. The Kier molecular flexibility index (Phi) is 7.66. The maximum absolute atomic E-state index is 12.3. The van der Waals surface area contributed by atoms with E-state index in [0.717, 1.165) is 5.56 Å². The van der Waals surface area contributed by atoms with Gasteiger partial charge in [-0.1, -0.05) is 59.6 Å². The molecular weight excluding hydrogens is 405 g/mol. The highest BCUT2D eigenvalue weighted by Crippen LogP contribution is 2.24. The van der Waals surface area contributed by atoms with Crippen LogP contribution in [0.1, 0.15) is 28.9 Å². The molecule has 28 heavy (non-hydrogen) atoms. The number of benzene rings is 2. The van der Waals surface area contributed by atoms with E-state index < -0.39 is 23.9 Å². The van der Waals surface area contributed by atoms with E-state index in [2.05, 4.69) is 16.0 Å². The molecule has 0 spiro atoms. The lowest BCUT2D eigenvalue weighted by Crippen LogP contribution is -2.50. The number of aliphatic carboxylic acids is 1. The molecule has 2 aromatic rings. The third-order valence-electron chi connectivity index (χ3n) is 3.91. The SMILES string of the molecule is C[C@H](NC(=O)NC[C@H](NC(=O)c1c(Cl)cccc1Cl)C(=O)O)c1ccccc1. The maximum atomic E-state index is 12.3. The predicted octanol–water partition coefficient (Wildman–Crippen LogP) is 3.24. The molecule has 9 heteroatoms. The minimum Gasteiger partial charge on any atom is -0.480 e. The minimum absolute atomic E-state index is 0.0285. The Bertz CT molecular complexity index is 841. The van der Waals surface area contributed by atoms with Crippen LogP contribution in [0.2, 0.25) is 10.0 Å². The second kappa shape index (κ2) is 9.96. The molecule has 0 unspecified atom stereocenters. The van der Waals surface area contributed by atoms with E-state index in [1.807, 2.05) is 30.3 Å². The monoisotopic (exact) mass is 423 g/mol. The van der Waals surface area contributed by atoms with Crippen LogP contribution in [-0.4, -0.2) is 35.6 Å². The summed E-state index contributed by atoms with van der Waals surface area (Å²) in [5.74, 6) is -2.06. The number of amides is 3. The summed E-state index contributed by atoms with van der Waals surface area (Å²) in [7, 11) is 0. The fourth-order valence-corrected chi connectivity index (χ4v) is 2.98. The number of halogens is 2. The highest BCUT2D eigenvalue weighted by Gasteiger charge is 2.24. The van der Waals surface area contributed by atoms with Crippen LogP contribution in [-0.2, 0) is 4.79 Å². The Balaban J connectivity index is 1.95. The molecule has 4 N–H and O–H groups in total. The average molecular weight is 424 g/mol. The summed E-state index contributed by atoms with van der Waals surface area (Å²) in [4.78, 5) is 35.8. The average Bonchev–Trinajstić information content (AvgIpc) is 2.65. The Labute approximate surface area is 172 Å². The van der Waals surface area contributed by atoms with Gasteiger partial charge in [-0.05, 0) is 24.6 Å². The zero-order valence-corrected chi connectivity index (χ0v) is 16.4. The zero-order chi connectivity index (χ0) is 20.7. The lowest BCUT2D eigenvalue weighted by atomic mass is 10.1. The molecule has 0 heterocycles. The van der Waals surface area contributed by atoms with Crippen LogP contribution in [0.15, 0.2) is 48.5 Å². The molecule has 3 amide bonds. The van der Waals surface area contributed by atoms with Crippen LogP contribution in [0, 0.1) is 0 Å². The zero-order valence-electron chi connectivity index (χ0n) is 14.9. The number of rotatable bonds is 7. The molecular formula is C19H19Cl2N3O4. The van der Waals surface area contributed by atoms with Gasteiger partial charge in [-0.2, -0.15) is 0 Å². The summed E-state index contributed by atoms with van der Waals surface area (Å²) < 4.78 is 0. The van der Waals surface area contributed by atoms with Crippen molar-refractivity contribution in [3.05, 3.63) is 69.7 Å². The van der Waals surface area contributed by atoms with Crippen molar-refractivity contribution in [1.29, 1.82) is 0 Å². The Morgan fingerprint density at radius 2 is 1.57 bits per heavy atom. The van der Waals surface area contributed by atoms with Crippen molar-refractivity contribution in [2.75, 3.05) is 6.54 Å². The topological polar surface area (TPSA) is 108 Å². The molecule has 0 radical (unpaired) electrons. The minimum atomic E-state index is -1.36. The van der Waals surface area contributed by atoms with Crippen molar-refractivity contribution in [3.8, 4) is 0 Å². The van der Waals surface area contributed by atoms with Gasteiger partial charge in [0.2, 0.25) is 0 Å². The molecule has 0 bridgehead atoms. The van der Waals surface area contributed by atoms with Gasteiger partial charge < -0.3 is 21.1 Å². The normalized spacial score (nSPS) is 12.5. The van der Waals surface area contributed by atoms with Crippen molar-refractivity contribution < 1.29 is 19.5 Å². The number of carbonyl (C=O) groups is 3. The summed E-state index contributed by atoms with van der Waals surface area (Å²) in [6, 6.07) is 11.6. The third-order valence-corrected chi connectivity index (χ3v) is 4.54. The fraction of sp³-hybridized carbons (Fsp3) is 0.211. The second-order valence-corrected chi connectivity index (χ2v) is 6.76. The van der Waals surface area contributed by atoms with Crippen LogP contribution in [0.25, 0.3) is 0 Å². The van der Waals surface area contributed by atoms with Gasteiger partial charge in [0.15, 0.2) is 0 Å². The first-order valence-electron chi connectivity index (χ1n) is 8.36. The van der Waals surface area contributed by atoms with Gasteiger partial charge in [-0.25, -0.2) is 9.59 Å².